The van der Waals surface area contributed by atoms with E-state index in [0.29, 0.717) is 12.1 Å². The van der Waals surface area contributed by atoms with Crippen molar-refractivity contribution in [3.8, 4) is 0 Å². The Hall–Kier alpha value is -3.09. The van der Waals surface area contributed by atoms with Gasteiger partial charge in [0.05, 0.1) is 5.56 Å². The van der Waals surface area contributed by atoms with Crippen molar-refractivity contribution in [2.24, 2.45) is 0 Å². The highest BCUT2D eigenvalue weighted by atomic mass is 19.4. The number of alkyl halides is 3. The summed E-state index contributed by atoms with van der Waals surface area (Å²) in [6.07, 6.45) is -2.91. The molecule has 4 nitrogen and oxygen atoms in total. The van der Waals surface area contributed by atoms with Crippen LogP contribution in [0.25, 0.3) is 0 Å². The van der Waals surface area contributed by atoms with Gasteiger partial charge in [0.2, 0.25) is 0 Å². The summed E-state index contributed by atoms with van der Waals surface area (Å²) in [5.41, 5.74) is -0.0704. The molecule has 0 aliphatic heterocycles. The minimum Gasteiger partial charge on any atom is -0.349 e. The molecule has 2 aromatic rings. The molecule has 0 saturated carbocycles. The maximum Gasteiger partial charge on any atom is 0.416 e. The highest BCUT2D eigenvalue weighted by molar-refractivity contribution is 6.06. The number of nitrogens with one attached hydrogen (secondary N) is 2. The van der Waals surface area contributed by atoms with Gasteiger partial charge in [0, 0.05) is 23.4 Å². The average molecular weight is 348 g/mol. The monoisotopic (exact) mass is 348 g/mol. The summed E-state index contributed by atoms with van der Waals surface area (Å²) in [4.78, 5) is 24.1. The molecule has 7 heteroatoms. The van der Waals surface area contributed by atoms with Crippen LogP contribution in [0.4, 0.5) is 18.9 Å². The van der Waals surface area contributed by atoms with E-state index in [1.807, 2.05) is 0 Å². The fourth-order valence-electron chi connectivity index (χ4n) is 2.01. The summed E-state index contributed by atoms with van der Waals surface area (Å²) in [7, 11) is 0. The van der Waals surface area contributed by atoms with Gasteiger partial charge in [-0.3, -0.25) is 9.59 Å². The number of anilines is 1. The Labute approximate surface area is 142 Å². The summed E-state index contributed by atoms with van der Waals surface area (Å²) in [6, 6.07) is 10.1. The normalized spacial score (nSPS) is 10.8. The van der Waals surface area contributed by atoms with E-state index in [1.54, 1.807) is 12.1 Å². The number of carbonyl (C=O) groups excluding carboxylic acids is 2. The highest BCUT2D eigenvalue weighted by Crippen LogP contribution is 2.29. The molecule has 2 rings (SSSR count). The molecule has 25 heavy (non-hydrogen) atoms. The number of benzene rings is 2. The zero-order valence-corrected chi connectivity index (χ0v) is 13.1. The number of hydrogen-bond donors (Lipinski definition) is 2. The van der Waals surface area contributed by atoms with Crippen molar-refractivity contribution in [1.29, 1.82) is 0 Å². The first-order valence-corrected chi connectivity index (χ1v) is 7.29. The van der Waals surface area contributed by atoms with Gasteiger partial charge in [-0.2, -0.15) is 13.2 Å². The van der Waals surface area contributed by atoms with Gasteiger partial charge in [0.1, 0.15) is 0 Å². The predicted octanol–water partition coefficient (Wildman–Crippen LogP) is 3.87. The number of hydrogen-bond acceptors (Lipinski definition) is 2. The third kappa shape index (κ3) is 4.94. The summed E-state index contributed by atoms with van der Waals surface area (Å²) >= 11 is 0. The molecule has 0 spiro atoms. The molecule has 2 N–H and O–H groups in total. The molecular formula is C18H15F3N2O2. The second-order valence-corrected chi connectivity index (χ2v) is 5.11. The van der Waals surface area contributed by atoms with Crippen LogP contribution in [0.5, 0.6) is 0 Å². The Balaban J connectivity index is 2.10. The quantitative estimate of drug-likeness (QED) is 0.806. The lowest BCUT2D eigenvalue weighted by Crippen LogP contribution is -2.23. The van der Waals surface area contributed by atoms with E-state index in [2.05, 4.69) is 17.2 Å². The van der Waals surface area contributed by atoms with Gasteiger partial charge in [-0.15, -0.1) is 6.58 Å². The first-order chi connectivity index (χ1) is 11.8. The summed E-state index contributed by atoms with van der Waals surface area (Å²) in [6.45, 7) is 3.78. The van der Waals surface area contributed by atoms with Gasteiger partial charge in [0.15, 0.2) is 0 Å². The zero-order valence-electron chi connectivity index (χ0n) is 13.1. The van der Waals surface area contributed by atoms with Crippen molar-refractivity contribution < 1.29 is 22.8 Å². The summed E-state index contributed by atoms with van der Waals surface area (Å²) in [5.74, 6) is -0.887. The molecule has 2 aromatic carbocycles. The van der Waals surface area contributed by atoms with Crippen molar-refractivity contribution in [2.45, 2.75) is 6.18 Å². The minimum absolute atomic E-state index is 0.214. The lowest BCUT2D eigenvalue weighted by Gasteiger charge is -2.09. The maximum absolute atomic E-state index is 12.5. The van der Waals surface area contributed by atoms with Crippen LogP contribution < -0.4 is 10.6 Å². The molecule has 0 saturated heterocycles. The van der Waals surface area contributed by atoms with Crippen LogP contribution in [0.3, 0.4) is 0 Å². The fourth-order valence-corrected chi connectivity index (χ4v) is 2.01. The molecule has 0 heterocycles. The fraction of sp³-hybridized carbons (Fsp3) is 0.111. The van der Waals surface area contributed by atoms with E-state index in [4.69, 9.17) is 0 Å². The Bertz CT molecular complexity index is 784. The lowest BCUT2D eigenvalue weighted by atomic mass is 10.1. The van der Waals surface area contributed by atoms with Crippen molar-refractivity contribution in [1.82, 2.24) is 5.32 Å². The molecule has 0 unspecified atom stereocenters. The first kappa shape index (κ1) is 18.3. The van der Waals surface area contributed by atoms with Gasteiger partial charge in [-0.1, -0.05) is 12.1 Å². The molecule has 0 aliphatic carbocycles. The number of amides is 2. The SMILES string of the molecule is C=CCNC(=O)c1cccc(C(=O)Nc2ccc(C(F)(F)F)cc2)c1. The third-order valence-corrected chi connectivity index (χ3v) is 3.26. The van der Waals surface area contributed by atoms with Crippen LogP contribution in [0.15, 0.2) is 61.2 Å². The smallest absolute Gasteiger partial charge is 0.349 e. The van der Waals surface area contributed by atoms with Gasteiger partial charge in [-0.05, 0) is 42.5 Å². The van der Waals surface area contributed by atoms with Crippen molar-refractivity contribution in [3.05, 3.63) is 77.9 Å². The molecule has 0 aliphatic rings. The maximum atomic E-state index is 12.5. The molecule has 0 radical (unpaired) electrons. The number of halogens is 3. The van der Waals surface area contributed by atoms with Crippen molar-refractivity contribution >= 4 is 17.5 Å². The Morgan fingerprint density at radius 2 is 1.60 bits per heavy atom. The van der Waals surface area contributed by atoms with Crippen LogP contribution in [0, 0.1) is 0 Å². The average Bonchev–Trinajstić information content (AvgIpc) is 2.59. The first-order valence-electron chi connectivity index (χ1n) is 7.29. The predicted molar refractivity (Wildman–Crippen MR) is 88.4 cm³/mol. The molecule has 0 aromatic heterocycles. The molecule has 0 fully saturated rings. The largest absolute Gasteiger partial charge is 0.416 e. The number of rotatable bonds is 5. The van der Waals surface area contributed by atoms with Gasteiger partial charge >= 0.3 is 6.18 Å². The minimum atomic E-state index is -4.43. The van der Waals surface area contributed by atoms with Gasteiger partial charge in [-0.25, -0.2) is 0 Å². The van der Waals surface area contributed by atoms with E-state index in [9.17, 15) is 22.8 Å². The van der Waals surface area contributed by atoms with Crippen LogP contribution in [-0.4, -0.2) is 18.4 Å². The topological polar surface area (TPSA) is 58.2 Å². The summed E-state index contributed by atoms with van der Waals surface area (Å²) < 4.78 is 37.6. The van der Waals surface area contributed by atoms with E-state index in [-0.39, 0.29) is 17.2 Å². The molecular weight excluding hydrogens is 333 g/mol. The van der Waals surface area contributed by atoms with Crippen LogP contribution in [0.1, 0.15) is 26.3 Å². The van der Waals surface area contributed by atoms with Gasteiger partial charge < -0.3 is 10.6 Å². The molecule has 0 atom stereocenters. The Morgan fingerprint density at radius 1 is 1.00 bits per heavy atom. The molecule has 0 bridgehead atoms. The van der Waals surface area contributed by atoms with Gasteiger partial charge in [0.25, 0.3) is 11.8 Å². The second kappa shape index (κ2) is 7.65. The molecule has 130 valence electrons. The van der Waals surface area contributed by atoms with Crippen LogP contribution >= 0.6 is 0 Å². The van der Waals surface area contributed by atoms with E-state index < -0.39 is 17.6 Å². The van der Waals surface area contributed by atoms with Crippen molar-refractivity contribution in [3.63, 3.8) is 0 Å². The van der Waals surface area contributed by atoms with E-state index in [0.717, 1.165) is 12.1 Å². The highest BCUT2D eigenvalue weighted by Gasteiger charge is 2.30. The van der Waals surface area contributed by atoms with Crippen LogP contribution in [0.2, 0.25) is 0 Å². The second-order valence-electron chi connectivity index (χ2n) is 5.11. The number of carbonyl (C=O) groups is 2. The third-order valence-electron chi connectivity index (χ3n) is 3.26. The Kier molecular flexibility index (Phi) is 5.59. The molecule has 2 amide bonds. The Morgan fingerprint density at radius 3 is 2.16 bits per heavy atom. The van der Waals surface area contributed by atoms with Crippen molar-refractivity contribution in [2.75, 3.05) is 11.9 Å². The van der Waals surface area contributed by atoms with E-state index in [1.165, 1.54) is 30.3 Å². The zero-order chi connectivity index (χ0) is 18.4. The lowest BCUT2D eigenvalue weighted by molar-refractivity contribution is -0.137. The standard InChI is InChI=1S/C18H15F3N2O2/c1-2-10-22-16(24)12-4-3-5-13(11-12)17(25)23-15-8-6-14(7-9-15)18(19,20)21/h2-9,11H,1,10H2,(H,22,24)(H,23,25). The summed E-state index contributed by atoms with van der Waals surface area (Å²) in [5, 5.41) is 5.08. The van der Waals surface area contributed by atoms with E-state index >= 15 is 0 Å². The van der Waals surface area contributed by atoms with Crippen LogP contribution in [-0.2, 0) is 6.18 Å².